The highest BCUT2D eigenvalue weighted by Gasteiger charge is 2.16. The summed E-state index contributed by atoms with van der Waals surface area (Å²) in [4.78, 5) is 12.7. The number of rotatable bonds is 4. The molecule has 138 valence electrons. The third kappa shape index (κ3) is 3.46. The summed E-state index contributed by atoms with van der Waals surface area (Å²) in [6.07, 6.45) is 0. The van der Waals surface area contributed by atoms with Crippen molar-refractivity contribution in [2.24, 2.45) is 0 Å². The number of nitrogens with one attached hydrogen (secondary N) is 1. The molecule has 0 fully saturated rings. The number of carbonyl (C=O) groups excluding carboxylic acids is 1. The second-order valence-corrected chi connectivity index (χ2v) is 6.43. The number of hydrogen-bond donors (Lipinski definition) is 1. The van der Waals surface area contributed by atoms with Crippen LogP contribution in [0.5, 0.6) is 11.5 Å². The van der Waals surface area contributed by atoms with Crippen molar-refractivity contribution in [3.8, 4) is 22.9 Å². The highest BCUT2D eigenvalue weighted by Crippen LogP contribution is 2.32. The van der Waals surface area contributed by atoms with Gasteiger partial charge in [-0.05, 0) is 48.5 Å². The van der Waals surface area contributed by atoms with Crippen LogP contribution in [-0.4, -0.2) is 39.3 Å². The Bertz CT molecular complexity index is 983. The molecule has 2 aromatic carbocycles. The van der Waals surface area contributed by atoms with E-state index in [0.29, 0.717) is 41.8 Å². The molecule has 2 heterocycles. The summed E-state index contributed by atoms with van der Waals surface area (Å²) in [6, 6.07) is 12.7. The van der Waals surface area contributed by atoms with Crippen molar-refractivity contribution in [3.63, 3.8) is 0 Å². The summed E-state index contributed by atoms with van der Waals surface area (Å²) in [5.41, 5.74) is 1.94. The van der Waals surface area contributed by atoms with E-state index in [1.165, 1.54) is 0 Å². The van der Waals surface area contributed by atoms with Crippen molar-refractivity contribution < 1.29 is 14.3 Å². The molecule has 0 saturated heterocycles. The first-order chi connectivity index (χ1) is 13.1. The first-order valence-electron chi connectivity index (χ1n) is 8.71. The summed E-state index contributed by atoms with van der Waals surface area (Å²) >= 11 is 0. The van der Waals surface area contributed by atoms with Crippen LogP contribution in [0.1, 0.15) is 30.2 Å². The predicted octanol–water partition coefficient (Wildman–Crippen LogP) is 2.94. The monoisotopic (exact) mass is 365 g/mol. The molecule has 0 bridgehead atoms. The molecule has 0 spiro atoms. The van der Waals surface area contributed by atoms with Crippen LogP contribution in [0.3, 0.4) is 0 Å². The van der Waals surface area contributed by atoms with E-state index in [1.54, 1.807) is 35.0 Å². The van der Waals surface area contributed by atoms with Gasteiger partial charge in [-0.3, -0.25) is 4.79 Å². The maximum atomic E-state index is 12.7. The Morgan fingerprint density at radius 3 is 2.74 bits per heavy atom. The number of aromatic nitrogens is 4. The number of amides is 1. The van der Waals surface area contributed by atoms with Crippen LogP contribution in [0.4, 0.5) is 5.69 Å². The molecule has 8 nitrogen and oxygen atoms in total. The number of carbonyl (C=O) groups is 1. The summed E-state index contributed by atoms with van der Waals surface area (Å²) in [5.74, 6) is 1.71. The summed E-state index contributed by atoms with van der Waals surface area (Å²) in [5, 5.41) is 14.7. The third-order valence-corrected chi connectivity index (χ3v) is 4.16. The van der Waals surface area contributed by atoms with Gasteiger partial charge in [-0.15, -0.1) is 5.10 Å². The first kappa shape index (κ1) is 17.0. The summed E-state index contributed by atoms with van der Waals surface area (Å²) < 4.78 is 12.8. The van der Waals surface area contributed by atoms with E-state index < -0.39 is 0 Å². The lowest BCUT2D eigenvalue weighted by molar-refractivity contribution is 0.102. The Hall–Kier alpha value is -3.42. The number of anilines is 1. The standard InChI is InChI=1S/C19H19N5O3/c1-12(2)24-18(21-22-23-24)13-4-3-5-14(10-13)19(25)20-15-6-7-16-17(11-15)27-9-8-26-16/h3-7,10-12H,8-9H2,1-2H3,(H,20,25). The van der Waals surface area contributed by atoms with Crippen molar-refractivity contribution >= 4 is 11.6 Å². The molecule has 4 rings (SSSR count). The predicted molar refractivity (Wildman–Crippen MR) is 99.0 cm³/mol. The van der Waals surface area contributed by atoms with Gasteiger partial charge in [0.15, 0.2) is 17.3 Å². The number of benzene rings is 2. The number of fused-ring (bicyclic) bond motifs is 1. The number of hydrogen-bond acceptors (Lipinski definition) is 6. The van der Waals surface area contributed by atoms with Crippen molar-refractivity contribution in [2.75, 3.05) is 18.5 Å². The van der Waals surface area contributed by atoms with E-state index in [1.807, 2.05) is 26.0 Å². The summed E-state index contributed by atoms with van der Waals surface area (Å²) in [6.45, 7) is 5.02. The van der Waals surface area contributed by atoms with Gasteiger partial charge in [0.1, 0.15) is 13.2 Å². The Morgan fingerprint density at radius 1 is 1.11 bits per heavy atom. The Labute approximate surface area is 156 Å². The second-order valence-electron chi connectivity index (χ2n) is 6.43. The molecule has 3 aromatic rings. The Balaban J connectivity index is 1.57. The topological polar surface area (TPSA) is 91.2 Å². The molecule has 27 heavy (non-hydrogen) atoms. The maximum absolute atomic E-state index is 12.7. The van der Waals surface area contributed by atoms with E-state index in [4.69, 9.17) is 9.47 Å². The largest absolute Gasteiger partial charge is 0.486 e. The SMILES string of the molecule is CC(C)n1nnnc1-c1cccc(C(=O)Nc2ccc3c(c2)OCCO3)c1. The van der Waals surface area contributed by atoms with Crippen molar-refractivity contribution in [1.29, 1.82) is 0 Å². The smallest absolute Gasteiger partial charge is 0.255 e. The fraction of sp³-hybridized carbons (Fsp3) is 0.263. The number of ether oxygens (including phenoxy) is 2. The molecule has 0 aliphatic carbocycles. The molecular weight excluding hydrogens is 346 g/mol. The molecule has 1 aliphatic rings. The zero-order valence-corrected chi connectivity index (χ0v) is 15.0. The van der Waals surface area contributed by atoms with Crippen molar-refractivity contribution in [2.45, 2.75) is 19.9 Å². The van der Waals surface area contributed by atoms with Crippen LogP contribution in [0.2, 0.25) is 0 Å². The van der Waals surface area contributed by atoms with E-state index >= 15 is 0 Å². The lowest BCUT2D eigenvalue weighted by Crippen LogP contribution is -2.16. The minimum atomic E-state index is -0.225. The first-order valence-corrected chi connectivity index (χ1v) is 8.71. The lowest BCUT2D eigenvalue weighted by Gasteiger charge is -2.19. The maximum Gasteiger partial charge on any atom is 0.255 e. The number of tetrazole rings is 1. The Kier molecular flexibility index (Phi) is 4.45. The molecule has 1 N–H and O–H groups in total. The van der Waals surface area contributed by atoms with Gasteiger partial charge >= 0.3 is 0 Å². The van der Waals surface area contributed by atoms with Crippen LogP contribution in [-0.2, 0) is 0 Å². The molecule has 1 aliphatic heterocycles. The normalized spacial score (nSPS) is 12.9. The zero-order valence-electron chi connectivity index (χ0n) is 15.0. The average molecular weight is 365 g/mol. The van der Waals surface area contributed by atoms with E-state index in [9.17, 15) is 4.79 Å². The van der Waals surface area contributed by atoms with Gasteiger partial charge in [0.2, 0.25) is 0 Å². The third-order valence-electron chi connectivity index (χ3n) is 4.16. The van der Waals surface area contributed by atoms with Gasteiger partial charge < -0.3 is 14.8 Å². The van der Waals surface area contributed by atoms with Crippen molar-refractivity contribution in [3.05, 3.63) is 48.0 Å². The molecular formula is C19H19N5O3. The van der Waals surface area contributed by atoms with Crippen LogP contribution in [0.25, 0.3) is 11.4 Å². The van der Waals surface area contributed by atoms with Crippen LogP contribution in [0.15, 0.2) is 42.5 Å². The minimum Gasteiger partial charge on any atom is -0.486 e. The van der Waals surface area contributed by atoms with E-state index in [-0.39, 0.29) is 11.9 Å². The zero-order chi connectivity index (χ0) is 18.8. The molecule has 8 heteroatoms. The van der Waals surface area contributed by atoms with Gasteiger partial charge in [-0.2, -0.15) is 0 Å². The summed E-state index contributed by atoms with van der Waals surface area (Å²) in [7, 11) is 0. The van der Waals surface area contributed by atoms with Crippen LogP contribution < -0.4 is 14.8 Å². The van der Waals surface area contributed by atoms with Gasteiger partial charge in [0.25, 0.3) is 5.91 Å². The molecule has 0 saturated carbocycles. The van der Waals surface area contributed by atoms with E-state index in [2.05, 4.69) is 20.8 Å². The molecule has 0 atom stereocenters. The molecule has 0 radical (unpaired) electrons. The van der Waals surface area contributed by atoms with Gasteiger partial charge in [0.05, 0.1) is 6.04 Å². The van der Waals surface area contributed by atoms with Crippen molar-refractivity contribution in [1.82, 2.24) is 20.2 Å². The van der Waals surface area contributed by atoms with Gasteiger partial charge in [0, 0.05) is 22.9 Å². The second kappa shape index (κ2) is 7.06. The minimum absolute atomic E-state index is 0.116. The lowest BCUT2D eigenvalue weighted by atomic mass is 10.1. The van der Waals surface area contributed by atoms with Crippen LogP contribution >= 0.6 is 0 Å². The van der Waals surface area contributed by atoms with Crippen LogP contribution in [0, 0.1) is 0 Å². The molecule has 1 aromatic heterocycles. The fourth-order valence-electron chi connectivity index (χ4n) is 2.86. The molecule has 1 amide bonds. The highest BCUT2D eigenvalue weighted by atomic mass is 16.6. The highest BCUT2D eigenvalue weighted by molar-refractivity contribution is 6.05. The van der Waals surface area contributed by atoms with E-state index in [0.717, 1.165) is 5.56 Å². The quantitative estimate of drug-likeness (QED) is 0.764. The fourth-order valence-corrected chi connectivity index (χ4v) is 2.86. The average Bonchev–Trinajstić information content (AvgIpc) is 3.18. The molecule has 0 unspecified atom stereocenters. The van der Waals surface area contributed by atoms with Gasteiger partial charge in [-0.25, -0.2) is 4.68 Å². The van der Waals surface area contributed by atoms with Gasteiger partial charge in [-0.1, -0.05) is 12.1 Å². The Morgan fingerprint density at radius 2 is 1.93 bits per heavy atom. The number of nitrogens with zero attached hydrogens (tertiary/aromatic N) is 4.